The predicted octanol–water partition coefficient (Wildman–Crippen LogP) is 4.45. The SMILES string of the molecule is Cc1ccc(Cc2cc(Nc3ccc(S(=O)(=O)Nc4nccs4)cc3F)[nH]n2)cc1. The van der Waals surface area contributed by atoms with E-state index in [-0.39, 0.29) is 15.7 Å². The second-order valence-corrected chi connectivity index (χ2v) is 9.22. The number of aryl methyl sites for hydroxylation is 1. The number of aromatic amines is 1. The Hall–Kier alpha value is -3.24. The van der Waals surface area contributed by atoms with Crippen LogP contribution in [-0.4, -0.2) is 23.6 Å². The summed E-state index contributed by atoms with van der Waals surface area (Å²) in [6.07, 6.45) is 2.12. The van der Waals surface area contributed by atoms with E-state index in [2.05, 4.69) is 25.2 Å². The van der Waals surface area contributed by atoms with Crippen LogP contribution in [0, 0.1) is 12.7 Å². The van der Waals surface area contributed by atoms with Crippen LogP contribution in [0.2, 0.25) is 0 Å². The molecule has 0 spiro atoms. The second kappa shape index (κ2) is 8.25. The van der Waals surface area contributed by atoms with E-state index in [1.807, 2.05) is 31.2 Å². The number of rotatable bonds is 7. The molecule has 0 fully saturated rings. The molecular formula is C20H18FN5O2S2. The van der Waals surface area contributed by atoms with Gasteiger partial charge in [-0.05, 0) is 30.7 Å². The summed E-state index contributed by atoms with van der Waals surface area (Å²) in [7, 11) is -3.92. The van der Waals surface area contributed by atoms with Crippen molar-refractivity contribution in [3.05, 3.63) is 82.7 Å². The van der Waals surface area contributed by atoms with Crippen molar-refractivity contribution in [1.82, 2.24) is 15.2 Å². The normalized spacial score (nSPS) is 11.4. The quantitative estimate of drug-likeness (QED) is 0.392. The van der Waals surface area contributed by atoms with Gasteiger partial charge in [0.25, 0.3) is 10.0 Å². The van der Waals surface area contributed by atoms with E-state index in [1.54, 1.807) is 11.4 Å². The van der Waals surface area contributed by atoms with E-state index in [1.165, 1.54) is 23.9 Å². The minimum Gasteiger partial charge on any atom is -0.338 e. The van der Waals surface area contributed by atoms with Gasteiger partial charge in [-0.2, -0.15) is 5.10 Å². The predicted molar refractivity (Wildman–Crippen MR) is 115 cm³/mol. The maximum absolute atomic E-state index is 14.5. The fraction of sp³-hybridized carbons (Fsp3) is 0.100. The second-order valence-electron chi connectivity index (χ2n) is 6.64. The van der Waals surface area contributed by atoms with Gasteiger partial charge in [-0.1, -0.05) is 29.8 Å². The van der Waals surface area contributed by atoms with E-state index >= 15 is 0 Å². The van der Waals surface area contributed by atoms with Gasteiger partial charge in [0.1, 0.15) is 11.6 Å². The van der Waals surface area contributed by atoms with Crippen molar-refractivity contribution < 1.29 is 12.8 Å². The van der Waals surface area contributed by atoms with Crippen LogP contribution in [0.4, 0.5) is 21.0 Å². The summed E-state index contributed by atoms with van der Waals surface area (Å²) in [5, 5.41) is 11.8. The van der Waals surface area contributed by atoms with Crippen LogP contribution in [0.3, 0.4) is 0 Å². The molecule has 0 aliphatic rings. The van der Waals surface area contributed by atoms with Gasteiger partial charge in [-0.15, -0.1) is 11.3 Å². The number of hydrogen-bond acceptors (Lipinski definition) is 6. The van der Waals surface area contributed by atoms with Crippen LogP contribution in [0.5, 0.6) is 0 Å². The van der Waals surface area contributed by atoms with Crippen LogP contribution < -0.4 is 10.0 Å². The number of aromatic nitrogens is 3. The molecule has 0 atom stereocenters. The molecule has 2 aromatic carbocycles. The summed E-state index contributed by atoms with van der Waals surface area (Å²) in [5.41, 5.74) is 3.24. The zero-order chi connectivity index (χ0) is 21.1. The average molecular weight is 444 g/mol. The van der Waals surface area contributed by atoms with Crippen molar-refractivity contribution >= 4 is 38.0 Å². The third kappa shape index (κ3) is 4.66. The Morgan fingerprint density at radius 1 is 1.13 bits per heavy atom. The van der Waals surface area contributed by atoms with Crippen molar-refractivity contribution in [3.8, 4) is 0 Å². The van der Waals surface area contributed by atoms with Crippen molar-refractivity contribution in [2.45, 2.75) is 18.2 Å². The van der Waals surface area contributed by atoms with Crippen molar-refractivity contribution in [1.29, 1.82) is 0 Å². The highest BCUT2D eigenvalue weighted by Gasteiger charge is 2.18. The lowest BCUT2D eigenvalue weighted by Crippen LogP contribution is -2.13. The number of halogens is 1. The Kier molecular flexibility index (Phi) is 5.51. The monoisotopic (exact) mass is 443 g/mol. The standard InChI is InChI=1S/C20H18FN5O2S2/c1-13-2-4-14(5-3-13)10-15-11-19(25-24-15)23-18-7-6-16(12-17(18)21)30(27,28)26-20-22-8-9-29-20/h2-9,11-12H,10H2,1H3,(H,22,26)(H2,23,24,25). The van der Waals surface area contributed by atoms with E-state index < -0.39 is 15.8 Å². The van der Waals surface area contributed by atoms with E-state index in [9.17, 15) is 12.8 Å². The first-order chi connectivity index (χ1) is 14.4. The molecule has 2 aromatic heterocycles. The van der Waals surface area contributed by atoms with E-state index in [0.29, 0.717) is 12.2 Å². The summed E-state index contributed by atoms with van der Waals surface area (Å²) >= 11 is 1.14. The molecule has 7 nitrogen and oxygen atoms in total. The summed E-state index contributed by atoms with van der Waals surface area (Å²) in [4.78, 5) is 3.68. The first-order valence-electron chi connectivity index (χ1n) is 8.98. The summed E-state index contributed by atoms with van der Waals surface area (Å²) in [5.74, 6) is -0.195. The number of hydrogen-bond donors (Lipinski definition) is 3. The molecule has 4 aromatic rings. The third-order valence-corrected chi connectivity index (χ3v) is 6.47. The Morgan fingerprint density at radius 2 is 1.93 bits per heavy atom. The van der Waals surface area contributed by atoms with Gasteiger partial charge in [0, 0.05) is 24.1 Å². The van der Waals surface area contributed by atoms with Gasteiger partial charge < -0.3 is 5.32 Å². The topological polar surface area (TPSA) is 99.8 Å². The van der Waals surface area contributed by atoms with Gasteiger partial charge >= 0.3 is 0 Å². The molecule has 10 heteroatoms. The van der Waals surface area contributed by atoms with Crippen LogP contribution >= 0.6 is 11.3 Å². The molecule has 0 amide bonds. The van der Waals surface area contributed by atoms with E-state index in [4.69, 9.17) is 0 Å². The van der Waals surface area contributed by atoms with Gasteiger partial charge in [0.05, 0.1) is 16.3 Å². The highest BCUT2D eigenvalue weighted by atomic mass is 32.2. The first-order valence-corrected chi connectivity index (χ1v) is 11.3. The lowest BCUT2D eigenvalue weighted by Gasteiger charge is -2.09. The smallest absolute Gasteiger partial charge is 0.263 e. The summed E-state index contributed by atoms with van der Waals surface area (Å²) in [6.45, 7) is 2.03. The number of benzene rings is 2. The maximum atomic E-state index is 14.5. The van der Waals surface area contributed by atoms with Crippen LogP contribution in [-0.2, 0) is 16.4 Å². The molecule has 4 rings (SSSR count). The molecule has 2 heterocycles. The summed E-state index contributed by atoms with van der Waals surface area (Å²) in [6, 6.07) is 13.6. The fourth-order valence-electron chi connectivity index (χ4n) is 2.79. The zero-order valence-corrected chi connectivity index (χ0v) is 17.5. The first kappa shape index (κ1) is 20.0. The number of sulfonamides is 1. The van der Waals surface area contributed by atoms with Gasteiger partial charge in [-0.3, -0.25) is 9.82 Å². The van der Waals surface area contributed by atoms with Crippen molar-refractivity contribution in [2.75, 3.05) is 10.0 Å². The molecule has 0 aliphatic carbocycles. The Balaban J connectivity index is 1.46. The lowest BCUT2D eigenvalue weighted by molar-refractivity contribution is 0.596. The van der Waals surface area contributed by atoms with Gasteiger partial charge in [-0.25, -0.2) is 17.8 Å². The molecule has 0 unspecified atom stereocenters. The van der Waals surface area contributed by atoms with Crippen LogP contribution in [0.25, 0.3) is 0 Å². The number of thiazole rings is 1. The highest BCUT2D eigenvalue weighted by Crippen LogP contribution is 2.24. The number of nitrogens with zero attached hydrogens (tertiary/aromatic N) is 2. The molecule has 30 heavy (non-hydrogen) atoms. The van der Waals surface area contributed by atoms with Crippen LogP contribution in [0.15, 0.2) is 65.0 Å². The fourth-order valence-corrected chi connectivity index (χ4v) is 4.59. The summed E-state index contributed by atoms with van der Waals surface area (Å²) < 4.78 is 41.6. The van der Waals surface area contributed by atoms with Crippen molar-refractivity contribution in [3.63, 3.8) is 0 Å². The van der Waals surface area contributed by atoms with Gasteiger partial charge in [0.2, 0.25) is 0 Å². The molecule has 3 N–H and O–H groups in total. The Morgan fingerprint density at radius 3 is 2.63 bits per heavy atom. The zero-order valence-electron chi connectivity index (χ0n) is 15.9. The number of anilines is 3. The average Bonchev–Trinajstić information content (AvgIpc) is 3.37. The molecule has 154 valence electrons. The minimum atomic E-state index is -3.92. The number of H-pyrrole nitrogens is 1. The lowest BCUT2D eigenvalue weighted by atomic mass is 10.1. The van der Waals surface area contributed by atoms with E-state index in [0.717, 1.165) is 28.7 Å². The number of nitrogens with one attached hydrogen (secondary N) is 3. The molecule has 0 saturated carbocycles. The van der Waals surface area contributed by atoms with Crippen LogP contribution in [0.1, 0.15) is 16.8 Å². The third-order valence-electron chi connectivity index (χ3n) is 4.31. The molecule has 0 bridgehead atoms. The molecule has 0 radical (unpaired) electrons. The van der Waals surface area contributed by atoms with Gasteiger partial charge in [0.15, 0.2) is 5.13 Å². The molecule has 0 aliphatic heterocycles. The highest BCUT2D eigenvalue weighted by molar-refractivity contribution is 7.93. The maximum Gasteiger partial charge on any atom is 0.263 e. The van der Waals surface area contributed by atoms with Crippen molar-refractivity contribution in [2.24, 2.45) is 0 Å². The molecule has 0 saturated heterocycles. The minimum absolute atomic E-state index is 0.133. The largest absolute Gasteiger partial charge is 0.338 e. The Labute approximate surface area is 177 Å². The molecular weight excluding hydrogens is 425 g/mol. The Bertz CT molecular complexity index is 1250.